The van der Waals surface area contributed by atoms with Gasteiger partial charge in [0.05, 0.1) is 19.4 Å². The number of halogens is 2. The average Bonchev–Trinajstić information content (AvgIpc) is 3.07. The Morgan fingerprint density at radius 1 is 1.02 bits per heavy atom. The maximum absolute atomic E-state index is 13.8. The minimum atomic E-state index is -0.787. The fourth-order valence-corrected chi connectivity index (χ4v) is 8.99. The summed E-state index contributed by atoms with van der Waals surface area (Å²) >= 11 is 6.80. The summed E-state index contributed by atoms with van der Waals surface area (Å²) in [6.07, 6.45) is 0. The second-order valence-corrected chi connectivity index (χ2v) is 15.9. The van der Waals surface area contributed by atoms with Crippen LogP contribution in [-0.4, -0.2) is 81.3 Å². The highest BCUT2D eigenvalue weighted by molar-refractivity contribution is 8.13. The number of rotatable bonds is 16. The smallest absolute Gasteiger partial charge is 0.356 e. The summed E-state index contributed by atoms with van der Waals surface area (Å²) in [5.41, 5.74) is 24.9. The van der Waals surface area contributed by atoms with E-state index in [0.717, 1.165) is 21.6 Å². The van der Waals surface area contributed by atoms with Gasteiger partial charge in [-0.1, -0.05) is 36.0 Å². The molecular weight excluding hydrogens is 798 g/mol. The highest BCUT2D eigenvalue weighted by Crippen LogP contribution is 2.46. The van der Waals surface area contributed by atoms with E-state index in [1.807, 2.05) is 18.2 Å². The molecule has 1 saturated heterocycles. The summed E-state index contributed by atoms with van der Waals surface area (Å²) in [5, 5.41) is 14.2. The number of nitrogens with one attached hydrogen (secondary N) is 1. The number of nitrogens with two attached hydrogens (primary N) is 6. The van der Waals surface area contributed by atoms with Crippen molar-refractivity contribution in [3.63, 3.8) is 0 Å². The third-order valence-corrected chi connectivity index (χ3v) is 12.1. The molecule has 2 aliphatic rings. The third kappa shape index (κ3) is 12.8. The van der Waals surface area contributed by atoms with E-state index < -0.39 is 23.3 Å². The van der Waals surface area contributed by atoms with Crippen LogP contribution in [0.25, 0.3) is 0 Å². The Bertz CT molecular complexity index is 1650. The van der Waals surface area contributed by atoms with Crippen molar-refractivity contribution in [2.45, 2.75) is 34.4 Å². The maximum Gasteiger partial charge on any atom is 0.356 e. The van der Waals surface area contributed by atoms with Crippen molar-refractivity contribution >= 4 is 92.9 Å². The highest BCUT2D eigenvalue weighted by atomic mass is 35.5. The van der Waals surface area contributed by atoms with E-state index in [0.29, 0.717) is 40.2 Å². The lowest BCUT2D eigenvalue weighted by atomic mass is 10.1. The molecule has 278 valence electrons. The van der Waals surface area contributed by atoms with E-state index in [-0.39, 0.29) is 65.1 Å². The van der Waals surface area contributed by atoms with E-state index >= 15 is 0 Å². The van der Waals surface area contributed by atoms with Gasteiger partial charge in [-0.05, 0) is 58.4 Å². The molecule has 2 amide bonds. The molecule has 1 fully saturated rings. The number of methoxy groups -OCH3 is 1. The molecule has 0 bridgehead atoms. The van der Waals surface area contributed by atoms with Crippen LogP contribution in [0.4, 0.5) is 0 Å². The number of fused-ring (bicyclic) bond motifs is 1. The number of β-lactam (4-membered cyclic amide) rings is 1. The first kappa shape index (κ1) is 44.1. The summed E-state index contributed by atoms with van der Waals surface area (Å²) in [6, 6.07) is 12.3. The number of hydrogen-bond acceptors (Lipinski definition) is 11. The van der Waals surface area contributed by atoms with Crippen molar-refractivity contribution in [2.75, 3.05) is 30.9 Å². The first-order valence-electron chi connectivity index (χ1n) is 14.7. The second kappa shape index (κ2) is 21.5. The second-order valence-electron chi connectivity index (χ2n) is 10.4. The van der Waals surface area contributed by atoms with E-state index in [9.17, 15) is 14.4 Å². The Hall–Kier alpha value is -3.07. The maximum atomic E-state index is 13.8. The predicted molar refractivity (Wildman–Crippen MR) is 200 cm³/mol. The fourth-order valence-electron chi connectivity index (χ4n) is 4.61. The lowest BCUT2D eigenvalue weighted by Crippen LogP contribution is -3.00. The Balaban J connectivity index is 0.00000451. The molecule has 13 N–H and O–H groups in total. The highest BCUT2D eigenvalue weighted by Gasteiger charge is 2.54. The summed E-state index contributed by atoms with van der Waals surface area (Å²) in [5.74, 6) is 1.44. The number of benzene rings is 2. The van der Waals surface area contributed by atoms with E-state index in [4.69, 9.17) is 43.2 Å². The zero-order valence-corrected chi connectivity index (χ0v) is 32.9. The molecule has 51 heavy (non-hydrogen) atoms. The number of aliphatic imine (C=N–C) groups is 1. The predicted octanol–water partition coefficient (Wildman–Crippen LogP) is -7.23. The van der Waals surface area contributed by atoms with Gasteiger partial charge in [0.15, 0.2) is 5.96 Å². The van der Waals surface area contributed by atoms with Gasteiger partial charge in [-0.2, -0.15) is 11.8 Å². The molecule has 2 aliphatic heterocycles. The lowest BCUT2D eigenvalue weighted by molar-refractivity contribution is -0.153. The van der Waals surface area contributed by atoms with Crippen molar-refractivity contribution in [3.8, 4) is 5.75 Å². The Morgan fingerprint density at radius 2 is 1.69 bits per heavy atom. The minimum Gasteiger partial charge on any atom is -1.00 e. The number of nitrogens with zero attached hydrogens (tertiary/aromatic N) is 2. The monoisotopic (exact) mass is 835 g/mol. The minimum absolute atomic E-state index is 0. The third-order valence-electron chi connectivity index (χ3n) is 6.89. The number of esters is 1. The average molecular weight is 837 g/mol. The topological polar surface area (TPSA) is 253 Å². The van der Waals surface area contributed by atoms with Crippen molar-refractivity contribution in [1.29, 1.82) is 0 Å². The first-order chi connectivity index (χ1) is 23.5. The van der Waals surface area contributed by atoms with Crippen molar-refractivity contribution in [1.82, 2.24) is 10.2 Å². The molecule has 0 aliphatic carbocycles. The van der Waals surface area contributed by atoms with Crippen LogP contribution in [0.2, 0.25) is 0 Å². The normalized spacial score (nSPS) is 16.0. The Morgan fingerprint density at radius 3 is 2.33 bits per heavy atom. The lowest BCUT2D eigenvalue weighted by Gasteiger charge is -2.49. The molecule has 14 nitrogen and oxygen atoms in total. The Kier molecular flexibility index (Phi) is 18.5. The number of thioether (sulfide) groups is 5. The van der Waals surface area contributed by atoms with Crippen molar-refractivity contribution < 1.29 is 59.5 Å². The number of amides is 2. The van der Waals surface area contributed by atoms with E-state index in [1.165, 1.54) is 63.7 Å². The van der Waals surface area contributed by atoms with Crippen LogP contribution >= 0.6 is 58.8 Å². The van der Waals surface area contributed by atoms with Gasteiger partial charge in [-0.25, -0.2) is 4.79 Å². The van der Waals surface area contributed by atoms with Gasteiger partial charge in [-0.15, -0.1) is 11.8 Å². The number of guanidine groups is 1. The van der Waals surface area contributed by atoms with Crippen LogP contribution in [0, 0.1) is 0 Å². The molecule has 0 radical (unpaired) electrons. The zero-order valence-electron chi connectivity index (χ0n) is 27.3. The van der Waals surface area contributed by atoms with Gasteiger partial charge < -0.3 is 51.1 Å². The largest absolute Gasteiger partial charge is 1.00 e. The SMILES string of the molecule is COc1ccc(COC(=O)C2=C(Sc3ccc(CSC(N)=[NH2+])cc3CSC(N)=[NH2+])CS[C@@H]3[C@H](NC(=O)CSCCN=C(N)N)C(=O)N23)cc1.[Cl-].[Cl-]. The molecule has 2 atom stereocenters. The summed E-state index contributed by atoms with van der Waals surface area (Å²) < 4.78 is 11.0. The molecule has 0 aromatic heterocycles. The van der Waals surface area contributed by atoms with Crippen molar-refractivity contribution in [3.05, 3.63) is 69.8 Å². The zero-order chi connectivity index (χ0) is 35.5. The van der Waals surface area contributed by atoms with Crippen LogP contribution in [0.5, 0.6) is 5.75 Å². The van der Waals surface area contributed by atoms with Crippen molar-refractivity contribution in [2.24, 2.45) is 27.9 Å². The van der Waals surface area contributed by atoms with Gasteiger partial charge in [0.1, 0.15) is 29.5 Å². The van der Waals surface area contributed by atoms with Crippen LogP contribution in [0.3, 0.4) is 0 Å². The van der Waals surface area contributed by atoms with Gasteiger partial charge in [0.2, 0.25) is 5.91 Å². The summed E-state index contributed by atoms with van der Waals surface area (Å²) in [7, 11) is 1.57. The molecule has 2 aromatic carbocycles. The van der Waals surface area contributed by atoms with Crippen LogP contribution in [-0.2, 0) is 37.2 Å². The fraction of sp³-hybridized carbons (Fsp3) is 0.333. The number of carbonyl (C=O) groups is 3. The molecule has 0 saturated carbocycles. The Labute approximate surface area is 329 Å². The van der Waals surface area contributed by atoms with Gasteiger partial charge in [0, 0.05) is 32.8 Å². The summed E-state index contributed by atoms with van der Waals surface area (Å²) in [6.45, 7) is 0.367. The molecule has 21 heteroatoms. The van der Waals surface area contributed by atoms with Crippen LogP contribution in [0.15, 0.2) is 63.0 Å². The molecule has 0 unspecified atom stereocenters. The number of amidine groups is 2. The number of ether oxygens (including phenoxy) is 2. The van der Waals surface area contributed by atoms with Gasteiger partial charge >= 0.3 is 5.97 Å². The quantitative estimate of drug-likeness (QED) is 0.0273. The number of carbonyl (C=O) groups excluding carboxylic acids is 3. The van der Waals surface area contributed by atoms with Gasteiger partial charge in [0.25, 0.3) is 16.2 Å². The molecular formula is C30H39Cl2N9O5S5. The number of hydrogen-bond donors (Lipinski definition) is 7. The summed E-state index contributed by atoms with van der Waals surface area (Å²) in [4.78, 5) is 46.9. The molecule has 4 rings (SSSR count). The van der Waals surface area contributed by atoms with Crippen LogP contribution in [0.1, 0.15) is 16.7 Å². The van der Waals surface area contributed by atoms with E-state index in [1.54, 1.807) is 31.4 Å². The standard InChI is InChI=1S/C30H37N9O5S5.2ClH/c1-43-19-5-2-16(3-6-19)11-44-27(42)24-21(49-20-7-4-17(12-47-29(33)34)10-18(20)13-48-30(35)36)14-46-26-23(25(41)39(24)26)38-22(40)15-45-9-8-37-28(31)32;;/h2-7,10,23,26H,8-9,11-15H2,1H3,(H3,33,34)(H3,35,36)(H,38,40)(H4,31,32,37);2*1H/t23-,26-;;/m1../s1. The molecule has 2 aromatic rings. The first-order valence-corrected chi connectivity index (χ1v) is 19.7. The molecule has 2 heterocycles. The van der Waals surface area contributed by atoms with E-state index in [2.05, 4.69) is 10.3 Å². The van der Waals surface area contributed by atoms with Gasteiger partial charge in [-0.3, -0.25) is 41.8 Å². The molecule has 0 spiro atoms. The van der Waals surface area contributed by atoms with Crippen LogP contribution < -0.4 is 68.6 Å².